The Labute approximate surface area is 75.8 Å². The third-order valence-electron chi connectivity index (χ3n) is 2.28. The molecule has 0 unspecified atom stereocenters. The van der Waals surface area contributed by atoms with Gasteiger partial charge in [-0.3, -0.25) is 0 Å². The van der Waals surface area contributed by atoms with Crippen LogP contribution in [0.5, 0.6) is 0 Å². The Bertz CT molecular complexity index is 152. The van der Waals surface area contributed by atoms with Crippen LogP contribution in [0.4, 0.5) is 0 Å². The second-order valence-corrected chi connectivity index (χ2v) is 4.16. The van der Waals surface area contributed by atoms with Gasteiger partial charge in [-0.1, -0.05) is 18.6 Å². The van der Waals surface area contributed by atoms with E-state index >= 15 is 0 Å². The standard InChI is InChI=1S/C11H20O/c1-9(2)5-4-6-10(3)7-11-8-12-11/h5,10-11H,4,6-8H2,1-3H3/t10-,11+/m0/s1. The Morgan fingerprint density at radius 2 is 2.25 bits per heavy atom. The van der Waals surface area contributed by atoms with Gasteiger partial charge in [0.05, 0.1) is 12.7 Å². The van der Waals surface area contributed by atoms with E-state index in [2.05, 4.69) is 26.8 Å². The Morgan fingerprint density at radius 3 is 2.75 bits per heavy atom. The molecule has 1 saturated heterocycles. The molecule has 0 saturated carbocycles. The van der Waals surface area contributed by atoms with Crippen molar-refractivity contribution in [2.75, 3.05) is 6.61 Å². The number of ether oxygens (including phenoxy) is 1. The molecule has 0 N–H and O–H groups in total. The molecule has 1 aliphatic rings. The van der Waals surface area contributed by atoms with Gasteiger partial charge in [0.2, 0.25) is 0 Å². The summed E-state index contributed by atoms with van der Waals surface area (Å²) in [6.07, 6.45) is 6.73. The summed E-state index contributed by atoms with van der Waals surface area (Å²) in [6, 6.07) is 0. The van der Waals surface area contributed by atoms with Crippen LogP contribution in [-0.4, -0.2) is 12.7 Å². The van der Waals surface area contributed by atoms with Crippen LogP contribution in [-0.2, 0) is 4.74 Å². The molecule has 1 fully saturated rings. The first-order valence-electron chi connectivity index (χ1n) is 4.93. The normalized spacial score (nSPS) is 23.4. The van der Waals surface area contributed by atoms with Crippen molar-refractivity contribution in [3.8, 4) is 0 Å². The molecular weight excluding hydrogens is 148 g/mol. The molecule has 0 radical (unpaired) electrons. The van der Waals surface area contributed by atoms with E-state index in [1.54, 1.807) is 0 Å². The Hall–Kier alpha value is -0.300. The van der Waals surface area contributed by atoms with E-state index in [1.165, 1.54) is 24.8 Å². The summed E-state index contributed by atoms with van der Waals surface area (Å²) in [6.45, 7) is 7.65. The molecule has 1 heteroatoms. The molecule has 1 nitrogen and oxygen atoms in total. The fourth-order valence-electron chi connectivity index (χ4n) is 1.43. The summed E-state index contributed by atoms with van der Waals surface area (Å²) in [5.41, 5.74) is 1.44. The predicted octanol–water partition coefficient (Wildman–Crippen LogP) is 3.16. The van der Waals surface area contributed by atoms with Crippen molar-refractivity contribution in [2.45, 2.75) is 46.1 Å². The van der Waals surface area contributed by atoms with Crippen LogP contribution < -0.4 is 0 Å². The minimum Gasteiger partial charge on any atom is -0.373 e. The van der Waals surface area contributed by atoms with Gasteiger partial charge < -0.3 is 4.74 Å². The molecule has 0 spiro atoms. The molecule has 12 heavy (non-hydrogen) atoms. The molecule has 0 bridgehead atoms. The summed E-state index contributed by atoms with van der Waals surface area (Å²) in [5.74, 6) is 0.827. The zero-order chi connectivity index (χ0) is 8.97. The lowest BCUT2D eigenvalue weighted by atomic mass is 9.99. The molecule has 0 aromatic rings. The lowest BCUT2D eigenvalue weighted by Crippen LogP contribution is -1.98. The van der Waals surface area contributed by atoms with Gasteiger partial charge in [-0.05, 0) is 39.0 Å². The Kier molecular flexibility index (Phi) is 3.80. The summed E-state index contributed by atoms with van der Waals surface area (Å²) < 4.78 is 5.19. The molecule has 2 atom stereocenters. The van der Waals surface area contributed by atoms with Gasteiger partial charge in [-0.2, -0.15) is 0 Å². The lowest BCUT2D eigenvalue weighted by molar-refractivity contribution is 0.354. The predicted molar refractivity (Wildman–Crippen MR) is 52.2 cm³/mol. The molecule has 1 rings (SSSR count). The third kappa shape index (κ3) is 4.55. The zero-order valence-electron chi connectivity index (χ0n) is 8.47. The maximum atomic E-state index is 5.19. The van der Waals surface area contributed by atoms with Crippen molar-refractivity contribution < 1.29 is 4.74 Å². The van der Waals surface area contributed by atoms with E-state index < -0.39 is 0 Å². The molecule has 1 heterocycles. The van der Waals surface area contributed by atoms with Crippen molar-refractivity contribution in [2.24, 2.45) is 5.92 Å². The van der Waals surface area contributed by atoms with E-state index in [-0.39, 0.29) is 0 Å². The number of hydrogen-bond acceptors (Lipinski definition) is 1. The molecule has 70 valence electrons. The van der Waals surface area contributed by atoms with Gasteiger partial charge in [0.25, 0.3) is 0 Å². The molecule has 0 aromatic carbocycles. The lowest BCUT2D eigenvalue weighted by Gasteiger charge is -2.06. The van der Waals surface area contributed by atoms with Gasteiger partial charge in [-0.25, -0.2) is 0 Å². The van der Waals surface area contributed by atoms with Crippen LogP contribution in [0.25, 0.3) is 0 Å². The SMILES string of the molecule is CC(C)=CCC[C@H](C)C[C@@H]1CO1. The summed E-state index contributed by atoms with van der Waals surface area (Å²) in [4.78, 5) is 0. The van der Waals surface area contributed by atoms with Gasteiger partial charge in [0.1, 0.15) is 0 Å². The molecular formula is C11H20O. The second kappa shape index (κ2) is 4.66. The average Bonchev–Trinajstić information content (AvgIpc) is 2.70. The van der Waals surface area contributed by atoms with Gasteiger partial charge in [0, 0.05) is 0 Å². The minimum atomic E-state index is 0.603. The smallest absolute Gasteiger partial charge is 0.0812 e. The Morgan fingerprint density at radius 1 is 1.58 bits per heavy atom. The van der Waals surface area contributed by atoms with E-state index in [4.69, 9.17) is 4.74 Å². The highest BCUT2D eigenvalue weighted by Gasteiger charge is 2.24. The maximum Gasteiger partial charge on any atom is 0.0812 e. The van der Waals surface area contributed by atoms with Crippen LogP contribution in [0.2, 0.25) is 0 Å². The quantitative estimate of drug-likeness (QED) is 0.454. The van der Waals surface area contributed by atoms with Crippen molar-refractivity contribution in [3.05, 3.63) is 11.6 Å². The van der Waals surface area contributed by atoms with Crippen molar-refractivity contribution in [1.82, 2.24) is 0 Å². The maximum absolute atomic E-state index is 5.19. The summed E-state index contributed by atoms with van der Waals surface area (Å²) in [7, 11) is 0. The third-order valence-corrected chi connectivity index (χ3v) is 2.28. The molecule has 1 aliphatic heterocycles. The number of rotatable bonds is 5. The number of allylic oxidation sites excluding steroid dienone is 2. The van der Waals surface area contributed by atoms with Crippen molar-refractivity contribution in [1.29, 1.82) is 0 Å². The van der Waals surface area contributed by atoms with Crippen LogP contribution in [0, 0.1) is 5.92 Å². The summed E-state index contributed by atoms with van der Waals surface area (Å²) in [5, 5.41) is 0. The highest BCUT2D eigenvalue weighted by Crippen LogP contribution is 2.22. The fraction of sp³-hybridized carbons (Fsp3) is 0.818. The van der Waals surface area contributed by atoms with Gasteiger partial charge in [0.15, 0.2) is 0 Å². The largest absolute Gasteiger partial charge is 0.373 e. The second-order valence-electron chi connectivity index (χ2n) is 4.16. The van der Waals surface area contributed by atoms with Gasteiger partial charge >= 0.3 is 0 Å². The van der Waals surface area contributed by atoms with Crippen molar-refractivity contribution in [3.63, 3.8) is 0 Å². The monoisotopic (exact) mass is 168 g/mol. The average molecular weight is 168 g/mol. The zero-order valence-corrected chi connectivity index (χ0v) is 8.47. The van der Waals surface area contributed by atoms with Crippen molar-refractivity contribution >= 4 is 0 Å². The number of hydrogen-bond donors (Lipinski definition) is 0. The van der Waals surface area contributed by atoms with E-state index in [0.717, 1.165) is 12.5 Å². The fourth-order valence-corrected chi connectivity index (χ4v) is 1.43. The van der Waals surface area contributed by atoms with E-state index in [1.807, 2.05) is 0 Å². The molecule has 0 aliphatic carbocycles. The summed E-state index contributed by atoms with van der Waals surface area (Å²) >= 11 is 0. The Balaban J connectivity index is 2.00. The van der Waals surface area contributed by atoms with E-state index in [0.29, 0.717) is 6.10 Å². The highest BCUT2D eigenvalue weighted by atomic mass is 16.6. The van der Waals surface area contributed by atoms with Crippen LogP contribution in [0.15, 0.2) is 11.6 Å². The van der Waals surface area contributed by atoms with Crippen LogP contribution in [0.1, 0.15) is 40.0 Å². The highest BCUT2D eigenvalue weighted by molar-refractivity contribution is 4.92. The molecule has 0 amide bonds. The van der Waals surface area contributed by atoms with Crippen LogP contribution >= 0.6 is 0 Å². The van der Waals surface area contributed by atoms with Crippen LogP contribution in [0.3, 0.4) is 0 Å². The van der Waals surface area contributed by atoms with Gasteiger partial charge in [-0.15, -0.1) is 0 Å². The van der Waals surface area contributed by atoms with E-state index in [9.17, 15) is 0 Å². The minimum absolute atomic E-state index is 0.603. The first kappa shape index (κ1) is 9.79. The number of epoxide rings is 1. The first-order valence-corrected chi connectivity index (χ1v) is 4.93. The first-order chi connectivity index (χ1) is 5.68. The molecule has 0 aromatic heterocycles. The topological polar surface area (TPSA) is 12.5 Å².